The Balaban J connectivity index is 2.79. The fraction of sp³-hybridized carbons (Fsp3) is 0.643. The Labute approximate surface area is 116 Å². The summed E-state index contributed by atoms with van der Waals surface area (Å²) >= 11 is 0. The lowest BCUT2D eigenvalue weighted by Crippen LogP contribution is -2.40. The van der Waals surface area contributed by atoms with Gasteiger partial charge in [-0.2, -0.15) is 13.2 Å². The van der Waals surface area contributed by atoms with E-state index < -0.39 is 17.3 Å². The second-order valence-electron chi connectivity index (χ2n) is 6.14. The van der Waals surface area contributed by atoms with E-state index in [4.69, 9.17) is 0 Å². The van der Waals surface area contributed by atoms with E-state index >= 15 is 0 Å². The van der Waals surface area contributed by atoms with Crippen LogP contribution in [0, 0.1) is 5.92 Å². The second-order valence-corrected chi connectivity index (χ2v) is 6.14. The van der Waals surface area contributed by atoms with Gasteiger partial charge in [-0.15, -0.1) is 0 Å². The van der Waals surface area contributed by atoms with Gasteiger partial charge in [-0.1, -0.05) is 6.92 Å². The summed E-state index contributed by atoms with van der Waals surface area (Å²) in [6.07, 6.45) is -3.54. The van der Waals surface area contributed by atoms with E-state index in [2.05, 4.69) is 5.32 Å². The first-order valence-electron chi connectivity index (χ1n) is 6.52. The maximum Gasteiger partial charge on any atom is 0.417 e. The van der Waals surface area contributed by atoms with Gasteiger partial charge in [0.25, 0.3) is 5.56 Å². The molecule has 0 spiro atoms. The van der Waals surface area contributed by atoms with Crippen molar-refractivity contribution < 1.29 is 13.2 Å². The molecule has 114 valence electrons. The third-order valence-electron chi connectivity index (χ3n) is 2.80. The lowest BCUT2D eigenvalue weighted by atomic mass is 10.1. The molecule has 20 heavy (non-hydrogen) atoms. The minimum Gasteiger partial charge on any atom is -0.315 e. The minimum atomic E-state index is -4.43. The van der Waals surface area contributed by atoms with Crippen molar-refractivity contribution in [3.05, 3.63) is 34.2 Å². The molecule has 1 heterocycles. The topological polar surface area (TPSA) is 34.0 Å². The van der Waals surface area contributed by atoms with Gasteiger partial charge in [-0.3, -0.25) is 4.79 Å². The van der Waals surface area contributed by atoms with Gasteiger partial charge in [0.1, 0.15) is 0 Å². The van der Waals surface area contributed by atoms with Crippen LogP contribution in [0.5, 0.6) is 0 Å². The van der Waals surface area contributed by atoms with Crippen molar-refractivity contribution in [2.24, 2.45) is 5.92 Å². The standard InChI is InChI=1S/C14H21F3N2O/c1-10(7-18-13(2,3)4)8-19-9-11(14(15,16)17)5-6-12(19)20/h5-6,9-10,18H,7-8H2,1-4H3. The molecule has 0 radical (unpaired) electrons. The number of pyridine rings is 1. The molecule has 6 heteroatoms. The van der Waals surface area contributed by atoms with Gasteiger partial charge >= 0.3 is 6.18 Å². The molecule has 0 aliphatic carbocycles. The van der Waals surface area contributed by atoms with Gasteiger partial charge in [0.2, 0.25) is 0 Å². The Morgan fingerprint density at radius 2 is 1.85 bits per heavy atom. The van der Waals surface area contributed by atoms with E-state index in [0.29, 0.717) is 6.54 Å². The predicted molar refractivity (Wildman–Crippen MR) is 72.6 cm³/mol. The second kappa shape index (κ2) is 5.99. The first-order chi connectivity index (χ1) is 8.99. The van der Waals surface area contributed by atoms with E-state index in [1.54, 1.807) is 0 Å². The van der Waals surface area contributed by atoms with Crippen molar-refractivity contribution in [1.29, 1.82) is 0 Å². The molecule has 0 fully saturated rings. The minimum absolute atomic E-state index is 0.0513. The summed E-state index contributed by atoms with van der Waals surface area (Å²) < 4.78 is 39.0. The van der Waals surface area contributed by atoms with Crippen LogP contribution in [0.15, 0.2) is 23.1 Å². The highest BCUT2D eigenvalue weighted by molar-refractivity contribution is 5.13. The fourth-order valence-electron chi connectivity index (χ4n) is 1.72. The molecule has 0 aliphatic heterocycles. The van der Waals surface area contributed by atoms with Crippen LogP contribution in [0.4, 0.5) is 13.2 Å². The Bertz CT molecular complexity index is 500. The normalized spacial score (nSPS) is 14.3. The molecule has 0 bridgehead atoms. The monoisotopic (exact) mass is 290 g/mol. The quantitative estimate of drug-likeness (QED) is 0.925. The lowest BCUT2D eigenvalue weighted by Gasteiger charge is -2.24. The molecular weight excluding hydrogens is 269 g/mol. The zero-order valence-electron chi connectivity index (χ0n) is 12.2. The van der Waals surface area contributed by atoms with Gasteiger partial charge in [0.05, 0.1) is 5.56 Å². The maximum atomic E-state index is 12.6. The Morgan fingerprint density at radius 3 is 2.35 bits per heavy atom. The molecule has 1 atom stereocenters. The summed E-state index contributed by atoms with van der Waals surface area (Å²) in [5, 5.41) is 3.27. The highest BCUT2D eigenvalue weighted by Gasteiger charge is 2.31. The van der Waals surface area contributed by atoms with Gasteiger partial charge < -0.3 is 9.88 Å². The Kier molecular flexibility index (Phi) is 5.02. The molecule has 0 saturated heterocycles. The maximum absolute atomic E-state index is 12.6. The van der Waals surface area contributed by atoms with E-state index in [1.807, 2.05) is 27.7 Å². The van der Waals surface area contributed by atoms with Crippen molar-refractivity contribution in [3.8, 4) is 0 Å². The molecule has 0 aliphatic rings. The summed E-state index contributed by atoms with van der Waals surface area (Å²) in [4.78, 5) is 11.6. The van der Waals surface area contributed by atoms with Gasteiger partial charge in [-0.25, -0.2) is 0 Å². The van der Waals surface area contributed by atoms with Crippen molar-refractivity contribution in [1.82, 2.24) is 9.88 Å². The number of nitrogens with one attached hydrogen (secondary N) is 1. The third kappa shape index (κ3) is 5.36. The van der Waals surface area contributed by atoms with Crippen LogP contribution < -0.4 is 10.9 Å². The summed E-state index contributed by atoms with van der Waals surface area (Å²) in [6.45, 7) is 8.81. The Hall–Kier alpha value is -1.30. The van der Waals surface area contributed by atoms with Crippen LogP contribution in [-0.2, 0) is 12.7 Å². The average Bonchev–Trinajstić information content (AvgIpc) is 2.27. The van der Waals surface area contributed by atoms with Crippen molar-refractivity contribution in [2.75, 3.05) is 6.54 Å². The van der Waals surface area contributed by atoms with Crippen molar-refractivity contribution in [3.63, 3.8) is 0 Å². The van der Waals surface area contributed by atoms with Crippen LogP contribution in [0.2, 0.25) is 0 Å². The van der Waals surface area contributed by atoms with Crippen molar-refractivity contribution >= 4 is 0 Å². The number of aromatic nitrogens is 1. The number of hydrogen-bond acceptors (Lipinski definition) is 2. The molecule has 1 aromatic rings. The van der Waals surface area contributed by atoms with Gasteiger partial charge in [-0.05, 0) is 39.3 Å². The number of halogens is 3. The molecule has 0 amide bonds. The highest BCUT2D eigenvalue weighted by atomic mass is 19.4. The molecule has 1 unspecified atom stereocenters. The summed E-state index contributed by atoms with van der Waals surface area (Å²) in [5.74, 6) is 0.0513. The molecule has 1 N–H and O–H groups in total. The number of nitrogens with zero attached hydrogens (tertiary/aromatic N) is 1. The van der Waals surface area contributed by atoms with Crippen LogP contribution in [0.3, 0.4) is 0 Å². The molecule has 0 aromatic carbocycles. The lowest BCUT2D eigenvalue weighted by molar-refractivity contribution is -0.138. The van der Waals surface area contributed by atoms with Crippen LogP contribution in [-0.4, -0.2) is 16.7 Å². The highest BCUT2D eigenvalue weighted by Crippen LogP contribution is 2.28. The first kappa shape index (κ1) is 16.8. The smallest absolute Gasteiger partial charge is 0.315 e. The van der Waals surface area contributed by atoms with E-state index in [1.165, 1.54) is 0 Å². The summed E-state index contributed by atoms with van der Waals surface area (Å²) in [7, 11) is 0. The van der Waals surface area contributed by atoms with Crippen LogP contribution in [0.25, 0.3) is 0 Å². The SMILES string of the molecule is CC(CNC(C)(C)C)Cn1cc(C(F)(F)F)ccc1=O. The largest absolute Gasteiger partial charge is 0.417 e. The number of rotatable bonds is 4. The first-order valence-corrected chi connectivity index (χ1v) is 6.52. The predicted octanol–water partition coefficient (Wildman–Crippen LogP) is 2.89. The van der Waals surface area contributed by atoms with E-state index in [9.17, 15) is 18.0 Å². The average molecular weight is 290 g/mol. The third-order valence-corrected chi connectivity index (χ3v) is 2.80. The number of hydrogen-bond donors (Lipinski definition) is 1. The zero-order valence-corrected chi connectivity index (χ0v) is 12.2. The van der Waals surface area contributed by atoms with Gasteiger partial charge in [0, 0.05) is 24.3 Å². The van der Waals surface area contributed by atoms with E-state index in [-0.39, 0.29) is 18.0 Å². The van der Waals surface area contributed by atoms with Crippen LogP contribution in [0.1, 0.15) is 33.3 Å². The molecular formula is C14H21F3N2O. The molecule has 1 aromatic heterocycles. The molecule has 0 saturated carbocycles. The summed E-state index contributed by atoms with van der Waals surface area (Å²) in [6, 6.07) is 1.78. The zero-order chi connectivity index (χ0) is 15.6. The van der Waals surface area contributed by atoms with Gasteiger partial charge in [0.15, 0.2) is 0 Å². The van der Waals surface area contributed by atoms with Crippen LogP contribution >= 0.6 is 0 Å². The summed E-state index contributed by atoms with van der Waals surface area (Å²) in [5.41, 5.74) is -1.28. The molecule has 1 rings (SSSR count). The molecule has 3 nitrogen and oxygen atoms in total. The fourth-order valence-corrected chi connectivity index (χ4v) is 1.72. The number of alkyl halides is 3. The Morgan fingerprint density at radius 1 is 1.25 bits per heavy atom. The van der Waals surface area contributed by atoms with Crippen molar-refractivity contribution in [2.45, 2.75) is 46.0 Å². The van der Waals surface area contributed by atoms with E-state index in [0.717, 1.165) is 22.9 Å².